The standard InChI is InChI=1S/C12H22N4O/c1-3-6-14-12(13)15-8-11-5-4-7-16(9-11)10(2)17/h3,11H,1,4-9H2,2H3,(H3,13,14,15). The van der Waals surface area contributed by atoms with Crippen LogP contribution in [-0.4, -0.2) is 42.9 Å². The molecule has 1 aliphatic heterocycles. The summed E-state index contributed by atoms with van der Waals surface area (Å²) in [7, 11) is 0. The number of amides is 1. The topological polar surface area (TPSA) is 70.7 Å². The van der Waals surface area contributed by atoms with Gasteiger partial charge in [0, 0.05) is 33.1 Å². The molecule has 1 saturated heterocycles. The number of piperidine rings is 1. The maximum atomic E-state index is 11.3. The Balaban J connectivity index is 2.35. The van der Waals surface area contributed by atoms with Crippen molar-refractivity contribution in [3.05, 3.63) is 12.7 Å². The zero-order valence-corrected chi connectivity index (χ0v) is 10.5. The maximum Gasteiger partial charge on any atom is 0.219 e. The van der Waals surface area contributed by atoms with Crippen molar-refractivity contribution in [1.29, 1.82) is 0 Å². The largest absolute Gasteiger partial charge is 0.370 e. The second kappa shape index (κ2) is 6.93. The second-order valence-corrected chi connectivity index (χ2v) is 4.37. The van der Waals surface area contributed by atoms with Crippen molar-refractivity contribution in [1.82, 2.24) is 10.2 Å². The van der Waals surface area contributed by atoms with Crippen LogP contribution < -0.4 is 11.1 Å². The Morgan fingerprint density at radius 2 is 2.47 bits per heavy atom. The number of nitrogens with one attached hydrogen (secondary N) is 1. The molecule has 96 valence electrons. The van der Waals surface area contributed by atoms with Gasteiger partial charge < -0.3 is 16.0 Å². The molecule has 0 bridgehead atoms. The van der Waals surface area contributed by atoms with E-state index >= 15 is 0 Å². The van der Waals surface area contributed by atoms with Gasteiger partial charge in [0.25, 0.3) is 0 Å². The van der Waals surface area contributed by atoms with Crippen molar-refractivity contribution in [2.24, 2.45) is 16.6 Å². The average Bonchev–Trinajstić information content (AvgIpc) is 2.34. The Labute approximate surface area is 103 Å². The Morgan fingerprint density at radius 3 is 3.12 bits per heavy atom. The van der Waals surface area contributed by atoms with Crippen LogP contribution in [-0.2, 0) is 4.79 Å². The van der Waals surface area contributed by atoms with E-state index in [1.807, 2.05) is 4.90 Å². The van der Waals surface area contributed by atoms with Crippen LogP contribution >= 0.6 is 0 Å². The van der Waals surface area contributed by atoms with Crippen LogP contribution in [0.2, 0.25) is 0 Å². The fourth-order valence-electron chi connectivity index (χ4n) is 1.96. The highest BCUT2D eigenvalue weighted by molar-refractivity contribution is 5.77. The molecule has 0 saturated carbocycles. The molecule has 0 radical (unpaired) electrons. The Bertz CT molecular complexity index is 301. The van der Waals surface area contributed by atoms with E-state index in [9.17, 15) is 4.79 Å². The first kappa shape index (κ1) is 13.5. The Kier molecular flexibility index (Phi) is 5.52. The molecule has 1 amide bonds. The lowest BCUT2D eigenvalue weighted by Gasteiger charge is -2.31. The smallest absolute Gasteiger partial charge is 0.219 e. The number of hydrogen-bond acceptors (Lipinski definition) is 2. The van der Waals surface area contributed by atoms with Crippen LogP contribution in [0.25, 0.3) is 0 Å². The lowest BCUT2D eigenvalue weighted by Crippen LogP contribution is -2.40. The zero-order chi connectivity index (χ0) is 12.7. The summed E-state index contributed by atoms with van der Waals surface area (Å²) in [6, 6.07) is 0. The molecule has 1 atom stereocenters. The van der Waals surface area contributed by atoms with Gasteiger partial charge >= 0.3 is 0 Å². The van der Waals surface area contributed by atoms with Gasteiger partial charge in [0.2, 0.25) is 5.91 Å². The molecule has 0 aromatic carbocycles. The van der Waals surface area contributed by atoms with Crippen molar-refractivity contribution in [2.75, 3.05) is 26.2 Å². The van der Waals surface area contributed by atoms with Crippen LogP contribution in [0.4, 0.5) is 0 Å². The monoisotopic (exact) mass is 238 g/mol. The van der Waals surface area contributed by atoms with Gasteiger partial charge in [0.05, 0.1) is 0 Å². The van der Waals surface area contributed by atoms with E-state index in [2.05, 4.69) is 16.9 Å². The summed E-state index contributed by atoms with van der Waals surface area (Å²) in [6.07, 6.45) is 3.91. The number of nitrogens with two attached hydrogens (primary N) is 1. The van der Waals surface area contributed by atoms with E-state index in [0.29, 0.717) is 25.0 Å². The molecule has 1 rings (SSSR count). The quantitative estimate of drug-likeness (QED) is 0.421. The minimum atomic E-state index is 0.149. The number of carbonyl (C=O) groups excluding carboxylic acids is 1. The van der Waals surface area contributed by atoms with Crippen LogP contribution in [0.1, 0.15) is 19.8 Å². The van der Waals surface area contributed by atoms with E-state index in [-0.39, 0.29) is 5.91 Å². The molecule has 0 spiro atoms. The molecule has 1 unspecified atom stereocenters. The first-order valence-corrected chi connectivity index (χ1v) is 6.03. The summed E-state index contributed by atoms with van der Waals surface area (Å²) in [5, 5.41) is 2.94. The van der Waals surface area contributed by atoms with E-state index in [4.69, 9.17) is 5.73 Å². The maximum absolute atomic E-state index is 11.3. The molecule has 5 heteroatoms. The fourth-order valence-corrected chi connectivity index (χ4v) is 1.96. The molecule has 17 heavy (non-hydrogen) atoms. The molecule has 1 aliphatic rings. The Hall–Kier alpha value is -1.52. The summed E-state index contributed by atoms with van der Waals surface area (Å²) < 4.78 is 0. The number of aliphatic imine (C=N–C) groups is 1. The fraction of sp³-hybridized carbons (Fsp3) is 0.667. The molecule has 0 aromatic rings. The number of likely N-dealkylation sites (tertiary alicyclic amines) is 1. The lowest BCUT2D eigenvalue weighted by molar-refractivity contribution is -0.130. The van der Waals surface area contributed by atoms with E-state index in [0.717, 1.165) is 25.9 Å². The van der Waals surface area contributed by atoms with Gasteiger partial charge in [-0.15, -0.1) is 6.58 Å². The van der Waals surface area contributed by atoms with Crippen LogP contribution in [0, 0.1) is 5.92 Å². The van der Waals surface area contributed by atoms with Gasteiger partial charge in [0.15, 0.2) is 5.96 Å². The van der Waals surface area contributed by atoms with Crippen LogP contribution in [0.5, 0.6) is 0 Å². The number of carbonyl (C=O) groups is 1. The van der Waals surface area contributed by atoms with Crippen LogP contribution in [0.15, 0.2) is 17.6 Å². The lowest BCUT2D eigenvalue weighted by atomic mass is 9.98. The van der Waals surface area contributed by atoms with Gasteiger partial charge in [-0.25, -0.2) is 0 Å². The molecule has 1 heterocycles. The summed E-state index contributed by atoms with van der Waals surface area (Å²) in [5.74, 6) is 1.03. The van der Waals surface area contributed by atoms with E-state index in [1.54, 1.807) is 13.0 Å². The molecule has 5 nitrogen and oxygen atoms in total. The van der Waals surface area contributed by atoms with Crippen molar-refractivity contribution < 1.29 is 4.79 Å². The molecule has 0 aliphatic carbocycles. The summed E-state index contributed by atoms with van der Waals surface area (Å²) in [6.45, 7) is 8.19. The minimum absolute atomic E-state index is 0.149. The van der Waals surface area contributed by atoms with Crippen LogP contribution in [0.3, 0.4) is 0 Å². The van der Waals surface area contributed by atoms with Gasteiger partial charge in [-0.05, 0) is 18.8 Å². The average molecular weight is 238 g/mol. The number of hydrogen-bond donors (Lipinski definition) is 2. The first-order valence-electron chi connectivity index (χ1n) is 6.03. The normalized spacial score (nSPS) is 21.1. The molecule has 1 fully saturated rings. The van der Waals surface area contributed by atoms with Crippen molar-refractivity contribution in [2.45, 2.75) is 19.8 Å². The molecule has 0 aromatic heterocycles. The predicted molar refractivity (Wildman–Crippen MR) is 69.7 cm³/mol. The second-order valence-electron chi connectivity index (χ2n) is 4.37. The van der Waals surface area contributed by atoms with Crippen molar-refractivity contribution in [3.63, 3.8) is 0 Å². The minimum Gasteiger partial charge on any atom is -0.370 e. The van der Waals surface area contributed by atoms with Crippen molar-refractivity contribution >= 4 is 11.9 Å². The highest BCUT2D eigenvalue weighted by atomic mass is 16.2. The third-order valence-corrected chi connectivity index (χ3v) is 2.91. The third kappa shape index (κ3) is 4.89. The number of rotatable bonds is 4. The van der Waals surface area contributed by atoms with E-state index < -0.39 is 0 Å². The van der Waals surface area contributed by atoms with Gasteiger partial charge in [0.1, 0.15) is 0 Å². The number of guanidine groups is 1. The van der Waals surface area contributed by atoms with Gasteiger partial charge in [-0.1, -0.05) is 6.08 Å². The molecule has 3 N–H and O–H groups in total. The van der Waals surface area contributed by atoms with Gasteiger partial charge in [-0.3, -0.25) is 9.79 Å². The summed E-state index contributed by atoms with van der Waals surface area (Å²) in [4.78, 5) is 17.4. The zero-order valence-electron chi connectivity index (χ0n) is 10.5. The number of nitrogens with zero attached hydrogens (tertiary/aromatic N) is 2. The summed E-state index contributed by atoms with van der Waals surface area (Å²) in [5.41, 5.74) is 5.68. The van der Waals surface area contributed by atoms with E-state index in [1.165, 1.54) is 0 Å². The molecular weight excluding hydrogens is 216 g/mol. The SMILES string of the molecule is C=CCNC(N)=NCC1CCCN(C(C)=O)C1. The predicted octanol–water partition coefficient (Wildman–Crippen LogP) is 0.335. The van der Waals surface area contributed by atoms with Crippen molar-refractivity contribution in [3.8, 4) is 0 Å². The third-order valence-electron chi connectivity index (χ3n) is 2.91. The molecular formula is C12H22N4O. The van der Waals surface area contributed by atoms with Gasteiger partial charge in [-0.2, -0.15) is 0 Å². The highest BCUT2D eigenvalue weighted by Gasteiger charge is 2.20. The first-order chi connectivity index (χ1) is 8.13. The Morgan fingerprint density at radius 1 is 1.71 bits per heavy atom. The summed E-state index contributed by atoms with van der Waals surface area (Å²) >= 11 is 0. The highest BCUT2D eigenvalue weighted by Crippen LogP contribution is 2.16.